The van der Waals surface area contributed by atoms with E-state index >= 15 is 0 Å². The molecule has 10 heteroatoms. The largest absolute Gasteiger partial charge is 0.467 e. The number of carbonyl (C=O) groups is 2. The maximum atomic E-state index is 13.1. The number of hydrogen-bond donors (Lipinski definition) is 1. The molecule has 4 heterocycles. The van der Waals surface area contributed by atoms with Crippen molar-refractivity contribution in [2.45, 2.75) is 42.5 Å². The van der Waals surface area contributed by atoms with Gasteiger partial charge in [0.2, 0.25) is 11.8 Å². The summed E-state index contributed by atoms with van der Waals surface area (Å²) in [5.74, 6) is 0.353. The summed E-state index contributed by atoms with van der Waals surface area (Å²) >= 11 is 1.17. The molecule has 0 aliphatic carbocycles. The van der Waals surface area contributed by atoms with Gasteiger partial charge in [0, 0.05) is 25.6 Å². The number of likely N-dealkylation sites (tertiary alicyclic amines) is 1. The number of piperidine rings is 1. The molecule has 1 unspecified atom stereocenters. The van der Waals surface area contributed by atoms with E-state index < -0.39 is 16.1 Å². The van der Waals surface area contributed by atoms with Crippen LogP contribution in [0.15, 0.2) is 44.5 Å². The minimum absolute atomic E-state index is 0.0405. The lowest BCUT2D eigenvalue weighted by atomic mass is 9.95. The van der Waals surface area contributed by atoms with Crippen molar-refractivity contribution >= 4 is 33.2 Å². The van der Waals surface area contributed by atoms with Crippen molar-refractivity contribution < 1.29 is 22.4 Å². The van der Waals surface area contributed by atoms with Gasteiger partial charge in [-0.2, -0.15) is 4.31 Å². The molecule has 162 valence electrons. The maximum absolute atomic E-state index is 13.1. The van der Waals surface area contributed by atoms with E-state index in [0.717, 1.165) is 0 Å². The Morgan fingerprint density at radius 2 is 1.93 bits per heavy atom. The first-order valence-corrected chi connectivity index (χ1v) is 12.4. The summed E-state index contributed by atoms with van der Waals surface area (Å²) in [6.45, 7) is 1.63. The molecule has 0 radical (unpaired) electrons. The highest BCUT2D eigenvalue weighted by atomic mass is 32.2. The molecule has 0 bridgehead atoms. The predicted octanol–water partition coefficient (Wildman–Crippen LogP) is 2.05. The molecule has 2 aromatic rings. The van der Waals surface area contributed by atoms with E-state index in [1.807, 2.05) is 0 Å². The van der Waals surface area contributed by atoms with Crippen LogP contribution in [-0.2, 0) is 26.2 Å². The molecule has 2 saturated heterocycles. The van der Waals surface area contributed by atoms with Crippen LogP contribution < -0.4 is 5.32 Å². The fourth-order valence-corrected chi connectivity index (χ4v) is 6.88. The van der Waals surface area contributed by atoms with Gasteiger partial charge in [0.15, 0.2) is 0 Å². The first kappa shape index (κ1) is 21.1. The zero-order chi connectivity index (χ0) is 21.1. The molecule has 1 N–H and O–H groups in total. The Morgan fingerprint density at radius 1 is 1.13 bits per heavy atom. The summed E-state index contributed by atoms with van der Waals surface area (Å²) in [4.78, 5) is 27.2. The van der Waals surface area contributed by atoms with Gasteiger partial charge >= 0.3 is 0 Å². The highest BCUT2D eigenvalue weighted by molar-refractivity contribution is 7.91. The third kappa shape index (κ3) is 4.30. The monoisotopic (exact) mass is 451 g/mol. The van der Waals surface area contributed by atoms with E-state index in [0.29, 0.717) is 57.6 Å². The molecule has 1 atom stereocenters. The third-order valence-corrected chi connectivity index (χ3v) is 9.02. The van der Waals surface area contributed by atoms with Crippen LogP contribution >= 0.6 is 11.3 Å². The summed E-state index contributed by atoms with van der Waals surface area (Å²) in [7, 11) is -3.65. The van der Waals surface area contributed by atoms with Gasteiger partial charge in [-0.15, -0.1) is 11.3 Å². The molecular formula is C20H25N3O5S2. The highest BCUT2D eigenvalue weighted by Gasteiger charge is 2.42. The van der Waals surface area contributed by atoms with E-state index in [2.05, 4.69) is 5.32 Å². The third-order valence-electron chi connectivity index (χ3n) is 5.74. The number of carbonyl (C=O) groups excluding carboxylic acids is 2. The number of rotatable bonds is 6. The van der Waals surface area contributed by atoms with Crippen molar-refractivity contribution in [1.29, 1.82) is 0 Å². The normalized spacial score (nSPS) is 21.1. The van der Waals surface area contributed by atoms with Crippen molar-refractivity contribution in [3.63, 3.8) is 0 Å². The Balaban J connectivity index is 1.33. The molecule has 30 heavy (non-hydrogen) atoms. The van der Waals surface area contributed by atoms with Crippen LogP contribution in [0.25, 0.3) is 0 Å². The zero-order valence-electron chi connectivity index (χ0n) is 16.5. The molecule has 2 aliphatic heterocycles. The summed E-state index contributed by atoms with van der Waals surface area (Å²) in [5, 5.41) is 4.60. The van der Waals surface area contributed by atoms with E-state index in [1.165, 1.54) is 15.6 Å². The number of thiophene rings is 1. The van der Waals surface area contributed by atoms with Crippen molar-refractivity contribution in [1.82, 2.24) is 14.5 Å². The van der Waals surface area contributed by atoms with Crippen molar-refractivity contribution in [3.05, 3.63) is 41.7 Å². The van der Waals surface area contributed by atoms with Crippen LogP contribution in [0.1, 0.15) is 31.4 Å². The number of nitrogens with one attached hydrogen (secondary N) is 1. The molecule has 8 nitrogen and oxygen atoms in total. The number of amides is 2. The minimum atomic E-state index is -3.65. The Labute approximate surface area is 179 Å². The molecule has 0 aromatic carbocycles. The highest BCUT2D eigenvalue weighted by Crippen LogP contribution is 2.30. The van der Waals surface area contributed by atoms with E-state index in [4.69, 9.17) is 4.42 Å². The molecule has 2 aromatic heterocycles. The van der Waals surface area contributed by atoms with Gasteiger partial charge in [0.25, 0.3) is 10.0 Å². The quantitative estimate of drug-likeness (QED) is 0.725. The number of furan rings is 1. The lowest BCUT2D eigenvalue weighted by Gasteiger charge is -2.34. The zero-order valence-corrected chi connectivity index (χ0v) is 18.2. The van der Waals surface area contributed by atoms with Crippen LogP contribution in [0.3, 0.4) is 0 Å². The van der Waals surface area contributed by atoms with Crippen LogP contribution in [0.4, 0.5) is 0 Å². The molecule has 0 saturated carbocycles. The summed E-state index contributed by atoms with van der Waals surface area (Å²) in [5.41, 5.74) is 0. The van der Waals surface area contributed by atoms with Gasteiger partial charge in [0.05, 0.1) is 12.8 Å². The minimum Gasteiger partial charge on any atom is -0.467 e. The Kier molecular flexibility index (Phi) is 6.26. The van der Waals surface area contributed by atoms with Crippen molar-refractivity contribution in [2.75, 3.05) is 19.6 Å². The van der Waals surface area contributed by atoms with Crippen LogP contribution in [0.5, 0.6) is 0 Å². The molecule has 2 fully saturated rings. The van der Waals surface area contributed by atoms with Crippen molar-refractivity contribution in [2.24, 2.45) is 5.92 Å². The molecule has 0 spiro atoms. The lowest BCUT2D eigenvalue weighted by molar-refractivity contribution is -0.138. The van der Waals surface area contributed by atoms with Gasteiger partial charge in [-0.1, -0.05) is 6.07 Å². The molecule has 4 rings (SSSR count). The topological polar surface area (TPSA) is 99.9 Å². The first-order chi connectivity index (χ1) is 14.5. The fourth-order valence-electron chi connectivity index (χ4n) is 4.11. The average Bonchev–Trinajstić information content (AvgIpc) is 3.53. The number of hydrogen-bond acceptors (Lipinski definition) is 6. The van der Waals surface area contributed by atoms with Crippen LogP contribution in [-0.4, -0.2) is 55.1 Å². The van der Waals surface area contributed by atoms with Crippen LogP contribution in [0, 0.1) is 5.92 Å². The SMILES string of the molecule is O=C(NCc1ccco1)C1CCN(C(=O)C2CCCN2S(=O)(=O)c2cccs2)CC1. The van der Waals surface area contributed by atoms with Crippen LogP contribution in [0.2, 0.25) is 0 Å². The second kappa shape index (κ2) is 8.91. The maximum Gasteiger partial charge on any atom is 0.253 e. The van der Waals surface area contributed by atoms with Gasteiger partial charge in [0.1, 0.15) is 16.0 Å². The Hall–Kier alpha value is -2.17. The predicted molar refractivity (Wildman–Crippen MR) is 111 cm³/mol. The standard InChI is InChI=1S/C20H25N3O5S2/c24-19(21-14-16-4-2-12-28-16)15-7-10-22(11-8-15)20(25)17-5-1-9-23(17)30(26,27)18-6-3-13-29-18/h2-4,6,12-13,15,17H,1,5,7-11,14H2,(H,21,24). The summed E-state index contributed by atoms with van der Waals surface area (Å²) in [6.07, 6.45) is 3.91. The fraction of sp³-hybridized carbons (Fsp3) is 0.500. The summed E-state index contributed by atoms with van der Waals surface area (Å²) < 4.78 is 32.7. The second-order valence-electron chi connectivity index (χ2n) is 7.60. The van der Waals surface area contributed by atoms with E-state index in [-0.39, 0.29) is 21.9 Å². The van der Waals surface area contributed by atoms with E-state index in [9.17, 15) is 18.0 Å². The molecular weight excluding hydrogens is 426 g/mol. The average molecular weight is 452 g/mol. The van der Waals surface area contributed by atoms with Crippen molar-refractivity contribution in [3.8, 4) is 0 Å². The first-order valence-electron chi connectivity index (χ1n) is 10.1. The molecule has 2 amide bonds. The summed E-state index contributed by atoms with van der Waals surface area (Å²) in [6, 6.07) is 6.20. The Morgan fingerprint density at radius 3 is 2.60 bits per heavy atom. The van der Waals surface area contributed by atoms with Gasteiger partial charge in [-0.05, 0) is 49.3 Å². The second-order valence-corrected chi connectivity index (χ2v) is 10.7. The lowest BCUT2D eigenvalue weighted by Crippen LogP contribution is -2.50. The molecule has 2 aliphatic rings. The number of sulfonamides is 1. The number of nitrogens with zero attached hydrogens (tertiary/aromatic N) is 2. The van der Waals surface area contributed by atoms with Gasteiger partial charge in [-0.3, -0.25) is 9.59 Å². The Bertz CT molecular complexity index is 964. The van der Waals surface area contributed by atoms with Gasteiger partial charge < -0.3 is 14.6 Å². The smallest absolute Gasteiger partial charge is 0.253 e. The van der Waals surface area contributed by atoms with Gasteiger partial charge in [-0.25, -0.2) is 8.42 Å². The van der Waals surface area contributed by atoms with E-state index in [1.54, 1.807) is 40.8 Å².